The normalized spacial score (nSPS) is 18.1. The summed E-state index contributed by atoms with van der Waals surface area (Å²) < 4.78 is 14.1. The largest absolute Gasteiger partial charge is 0.612 e. The van der Waals surface area contributed by atoms with E-state index in [1.54, 1.807) is 30.7 Å². The molecule has 0 aliphatic carbocycles. The highest BCUT2D eigenvalue weighted by molar-refractivity contribution is 7.90. The molecule has 0 radical (unpaired) electrons. The number of anilines is 1. The van der Waals surface area contributed by atoms with Crippen molar-refractivity contribution in [1.82, 2.24) is 24.4 Å². The number of carboxylic acid groups (broad SMARTS) is 1. The summed E-state index contributed by atoms with van der Waals surface area (Å²) in [5.74, 6) is 0.387. The third kappa shape index (κ3) is 5.21. The molecule has 0 spiro atoms. The van der Waals surface area contributed by atoms with Crippen LogP contribution in [0, 0.1) is 6.92 Å². The van der Waals surface area contributed by atoms with Crippen molar-refractivity contribution in [2.75, 3.05) is 24.2 Å². The van der Waals surface area contributed by atoms with Crippen molar-refractivity contribution in [2.24, 2.45) is 0 Å². The van der Waals surface area contributed by atoms with Crippen molar-refractivity contribution >= 4 is 45.7 Å². The Bertz CT molecular complexity index is 1740. The Morgan fingerprint density at radius 2 is 1.86 bits per heavy atom. The fraction of sp³-hybridized carbons (Fsp3) is 0.367. The molecular weight excluding hydrogens is 576 g/mol. The van der Waals surface area contributed by atoms with Crippen molar-refractivity contribution in [3.63, 3.8) is 0 Å². The topological polar surface area (TPSA) is 128 Å². The first-order valence-electron chi connectivity index (χ1n) is 13.7. The minimum absolute atomic E-state index is 0.00139. The highest BCUT2D eigenvalue weighted by Gasteiger charge is 2.35. The summed E-state index contributed by atoms with van der Waals surface area (Å²) in [4.78, 5) is 44.0. The Hall–Kier alpha value is -3.67. The van der Waals surface area contributed by atoms with Crippen LogP contribution in [0.15, 0.2) is 52.3 Å². The first kappa shape index (κ1) is 29.8. The zero-order valence-corrected chi connectivity index (χ0v) is 25.9. The SMILES string of the molecule is Cc1ccnc(C(C)C)c1-n1c(=O)nc(N2CC(C)N(C(=O)O)CC2C)c2cc(Cl)c(-c3ccccc3[S+](C)[O-])nc21. The maximum Gasteiger partial charge on any atom is 0.407 e. The van der Waals surface area contributed by atoms with Gasteiger partial charge in [-0.2, -0.15) is 4.98 Å². The molecule has 5 rings (SSSR count). The maximum atomic E-state index is 14.1. The number of hydrogen-bond acceptors (Lipinski definition) is 7. The van der Waals surface area contributed by atoms with E-state index >= 15 is 0 Å². The van der Waals surface area contributed by atoms with Gasteiger partial charge in [0.25, 0.3) is 0 Å². The molecule has 12 heteroatoms. The molecule has 1 fully saturated rings. The number of aromatic nitrogens is 4. The van der Waals surface area contributed by atoms with Crippen LogP contribution in [0.1, 0.15) is 44.9 Å². The van der Waals surface area contributed by atoms with E-state index in [1.807, 2.05) is 57.7 Å². The number of fused-ring (bicyclic) bond motifs is 1. The number of benzene rings is 1. The monoisotopic (exact) mass is 608 g/mol. The number of aryl methyl sites for hydroxylation is 1. The van der Waals surface area contributed by atoms with Crippen molar-refractivity contribution < 1.29 is 14.5 Å². The van der Waals surface area contributed by atoms with Gasteiger partial charge >= 0.3 is 11.8 Å². The van der Waals surface area contributed by atoms with E-state index in [0.29, 0.717) is 50.3 Å². The molecule has 4 aromatic rings. The zero-order chi connectivity index (χ0) is 30.5. The summed E-state index contributed by atoms with van der Waals surface area (Å²) in [7, 11) is 0. The van der Waals surface area contributed by atoms with E-state index in [4.69, 9.17) is 16.6 Å². The molecule has 1 amide bonds. The predicted octanol–water partition coefficient (Wildman–Crippen LogP) is 5.24. The summed E-state index contributed by atoms with van der Waals surface area (Å²) in [6, 6.07) is 10.2. The number of pyridine rings is 2. The molecule has 1 aromatic carbocycles. The Morgan fingerprint density at radius 1 is 1.14 bits per heavy atom. The summed E-state index contributed by atoms with van der Waals surface area (Å²) in [5, 5.41) is 10.5. The molecule has 1 saturated heterocycles. The van der Waals surface area contributed by atoms with Crippen LogP contribution in [0.25, 0.3) is 28.0 Å². The number of carbonyl (C=O) groups is 1. The van der Waals surface area contributed by atoms with Gasteiger partial charge in [-0.25, -0.2) is 19.1 Å². The third-order valence-electron chi connectivity index (χ3n) is 7.68. The smallest absolute Gasteiger partial charge is 0.407 e. The molecule has 0 bridgehead atoms. The van der Waals surface area contributed by atoms with Gasteiger partial charge in [0.1, 0.15) is 12.1 Å². The molecule has 220 valence electrons. The van der Waals surface area contributed by atoms with Gasteiger partial charge in [0.2, 0.25) is 0 Å². The van der Waals surface area contributed by atoms with Crippen molar-refractivity contribution in [1.29, 1.82) is 0 Å². The number of rotatable bonds is 5. The highest BCUT2D eigenvalue weighted by atomic mass is 35.5. The van der Waals surface area contributed by atoms with Crippen molar-refractivity contribution in [3.05, 3.63) is 69.4 Å². The number of piperazine rings is 1. The van der Waals surface area contributed by atoms with Gasteiger partial charge in [0.15, 0.2) is 10.5 Å². The molecule has 42 heavy (non-hydrogen) atoms. The first-order valence-corrected chi connectivity index (χ1v) is 15.6. The number of hydrogen-bond donors (Lipinski definition) is 1. The zero-order valence-electron chi connectivity index (χ0n) is 24.3. The number of amides is 1. The second-order valence-corrected chi connectivity index (χ2v) is 12.8. The van der Waals surface area contributed by atoms with Crippen LogP contribution in [-0.2, 0) is 11.2 Å². The van der Waals surface area contributed by atoms with Crippen LogP contribution in [0.5, 0.6) is 0 Å². The maximum absolute atomic E-state index is 14.1. The second kappa shape index (κ2) is 11.5. The molecule has 1 aliphatic heterocycles. The highest BCUT2D eigenvalue weighted by Crippen LogP contribution is 2.37. The Balaban J connectivity index is 1.86. The predicted molar refractivity (Wildman–Crippen MR) is 166 cm³/mol. The second-order valence-electron chi connectivity index (χ2n) is 11.0. The Morgan fingerprint density at radius 3 is 2.52 bits per heavy atom. The molecule has 3 unspecified atom stereocenters. The number of nitrogens with zero attached hydrogens (tertiary/aromatic N) is 6. The Kier molecular flexibility index (Phi) is 8.19. The quantitative estimate of drug-likeness (QED) is 0.305. The van der Waals surface area contributed by atoms with Gasteiger partial charge in [-0.1, -0.05) is 37.6 Å². The van der Waals surface area contributed by atoms with E-state index in [-0.39, 0.29) is 24.5 Å². The minimum atomic E-state index is -1.32. The summed E-state index contributed by atoms with van der Waals surface area (Å²) >= 11 is 5.60. The van der Waals surface area contributed by atoms with Gasteiger partial charge in [-0.3, -0.25) is 4.98 Å². The van der Waals surface area contributed by atoms with Crippen LogP contribution < -0.4 is 10.6 Å². The molecule has 0 saturated carbocycles. The molecule has 3 atom stereocenters. The van der Waals surface area contributed by atoms with Crippen LogP contribution in [0.3, 0.4) is 0 Å². The van der Waals surface area contributed by atoms with E-state index < -0.39 is 23.0 Å². The molecule has 3 aromatic heterocycles. The summed E-state index contributed by atoms with van der Waals surface area (Å²) in [5.41, 5.74) is 2.95. The van der Waals surface area contributed by atoms with E-state index in [1.165, 1.54) is 9.47 Å². The van der Waals surface area contributed by atoms with Gasteiger partial charge < -0.3 is 19.5 Å². The third-order valence-corrected chi connectivity index (χ3v) is 8.95. The Labute approximate surface area is 252 Å². The van der Waals surface area contributed by atoms with Crippen LogP contribution in [0.4, 0.5) is 10.6 Å². The van der Waals surface area contributed by atoms with Gasteiger partial charge in [0.05, 0.1) is 33.0 Å². The molecule has 4 heterocycles. The molecule has 1 N–H and O–H groups in total. The lowest BCUT2D eigenvalue weighted by atomic mass is 10.0. The van der Waals surface area contributed by atoms with Gasteiger partial charge in [0, 0.05) is 31.4 Å². The first-order chi connectivity index (χ1) is 19.9. The molecule has 10 nitrogen and oxygen atoms in total. The fourth-order valence-electron chi connectivity index (χ4n) is 5.60. The lowest BCUT2D eigenvalue weighted by molar-refractivity contribution is 0.114. The van der Waals surface area contributed by atoms with Gasteiger partial charge in [-0.15, -0.1) is 0 Å². The van der Waals surface area contributed by atoms with Crippen LogP contribution in [-0.4, -0.2) is 71.6 Å². The van der Waals surface area contributed by atoms with E-state index in [0.717, 1.165) is 11.3 Å². The average molecular weight is 609 g/mol. The average Bonchev–Trinajstić information content (AvgIpc) is 2.93. The van der Waals surface area contributed by atoms with Crippen LogP contribution in [0.2, 0.25) is 5.02 Å². The standard InChI is InChI=1S/C30H33ClN6O4S/c1-16(2)24-26(17(3)11-12-32-24)37-28-21(13-22(31)25(33-28)20-9-7-8-10-23(20)42(6)41)27(34-29(37)38)35-14-19(5)36(30(39)40)15-18(35)4/h7-13,16,18-19H,14-15H2,1-6H3,(H,39,40). The van der Waals surface area contributed by atoms with Crippen LogP contribution >= 0.6 is 11.6 Å². The summed E-state index contributed by atoms with van der Waals surface area (Å²) in [6.45, 7) is 10.2. The lowest BCUT2D eigenvalue weighted by Gasteiger charge is -2.43. The van der Waals surface area contributed by atoms with E-state index in [2.05, 4.69) is 9.97 Å². The van der Waals surface area contributed by atoms with Crippen molar-refractivity contribution in [3.8, 4) is 16.9 Å². The van der Waals surface area contributed by atoms with Crippen molar-refractivity contribution in [2.45, 2.75) is 57.5 Å². The fourth-order valence-corrected chi connectivity index (χ4v) is 6.60. The minimum Gasteiger partial charge on any atom is -0.612 e. The number of halogens is 1. The summed E-state index contributed by atoms with van der Waals surface area (Å²) in [6.07, 6.45) is 2.33. The lowest BCUT2D eigenvalue weighted by Crippen LogP contribution is -2.58. The molecular formula is C30H33ClN6O4S. The molecule has 1 aliphatic rings. The van der Waals surface area contributed by atoms with E-state index in [9.17, 15) is 19.2 Å². The van der Waals surface area contributed by atoms with Gasteiger partial charge in [-0.05, 0) is 67.7 Å².